The molecule has 0 saturated heterocycles. The fourth-order valence-electron chi connectivity index (χ4n) is 2.42. The lowest BCUT2D eigenvalue weighted by molar-refractivity contribution is -0.139. The van der Waals surface area contributed by atoms with Crippen LogP contribution < -0.4 is 10.0 Å². The smallest absolute Gasteiger partial charge is 0.417 e. The number of sulfonamides is 1. The Morgan fingerprint density at radius 1 is 1.13 bits per heavy atom. The van der Waals surface area contributed by atoms with Gasteiger partial charge in [-0.15, -0.1) is 0 Å². The third-order valence-corrected chi connectivity index (χ3v) is 5.12. The number of halogens is 3. The van der Waals surface area contributed by atoms with Gasteiger partial charge in [0.1, 0.15) is 5.60 Å². The second-order valence-corrected chi connectivity index (χ2v) is 9.04. The van der Waals surface area contributed by atoms with Crippen LogP contribution in [0.2, 0.25) is 0 Å². The highest BCUT2D eigenvalue weighted by Crippen LogP contribution is 2.35. The molecule has 0 atom stereocenters. The third-order valence-electron chi connectivity index (χ3n) is 3.62. The Labute approximate surface area is 172 Å². The molecule has 11 heteroatoms. The van der Waals surface area contributed by atoms with Gasteiger partial charge in [0.05, 0.1) is 10.5 Å². The van der Waals surface area contributed by atoms with E-state index in [0.717, 1.165) is 12.1 Å². The summed E-state index contributed by atoms with van der Waals surface area (Å²) < 4.78 is 72.4. The molecule has 0 unspecified atom stereocenters. The fraction of sp³-hybridized carbons (Fsp3) is 0.368. The number of ether oxygens (including phenoxy) is 1. The minimum atomic E-state index is -4.91. The summed E-state index contributed by atoms with van der Waals surface area (Å²) in [5.41, 5.74) is -1.75. The van der Waals surface area contributed by atoms with Gasteiger partial charge < -0.3 is 4.74 Å². The third kappa shape index (κ3) is 6.99. The van der Waals surface area contributed by atoms with Crippen molar-refractivity contribution in [2.24, 2.45) is 0 Å². The van der Waals surface area contributed by atoms with Gasteiger partial charge in [-0.3, -0.25) is 10.3 Å². The topological polar surface area (TPSA) is 97.4 Å². The van der Waals surface area contributed by atoms with Crippen molar-refractivity contribution in [3.05, 3.63) is 53.9 Å². The van der Waals surface area contributed by atoms with E-state index in [1.54, 1.807) is 39.0 Å². The predicted octanol–water partition coefficient (Wildman–Crippen LogP) is 3.97. The number of alkyl halides is 3. The van der Waals surface area contributed by atoms with E-state index in [2.05, 4.69) is 15.0 Å². The van der Waals surface area contributed by atoms with Crippen molar-refractivity contribution < 1.29 is 31.1 Å². The van der Waals surface area contributed by atoms with E-state index in [1.165, 1.54) is 6.20 Å². The molecule has 0 fully saturated rings. The molecule has 0 aliphatic heterocycles. The van der Waals surface area contributed by atoms with Crippen molar-refractivity contribution in [2.75, 3.05) is 11.9 Å². The van der Waals surface area contributed by atoms with Crippen molar-refractivity contribution in [1.29, 1.82) is 0 Å². The van der Waals surface area contributed by atoms with Gasteiger partial charge in [0.15, 0.2) is 0 Å². The summed E-state index contributed by atoms with van der Waals surface area (Å²) in [5.74, 6) is 0. The number of aromatic nitrogens is 1. The van der Waals surface area contributed by atoms with Gasteiger partial charge in [-0.25, -0.2) is 17.9 Å². The second-order valence-electron chi connectivity index (χ2n) is 7.30. The number of benzene rings is 1. The highest BCUT2D eigenvalue weighted by Gasteiger charge is 2.37. The van der Waals surface area contributed by atoms with Crippen molar-refractivity contribution in [1.82, 2.24) is 9.71 Å². The molecule has 0 radical (unpaired) electrons. The SMILES string of the molecule is CC(C)(C)OC(=O)Nc1ccc(C(F)(F)F)c(S(=O)(=O)NCCc2ccccn2)c1. The van der Waals surface area contributed by atoms with Gasteiger partial charge in [0.2, 0.25) is 10.0 Å². The average Bonchev–Trinajstić information content (AvgIpc) is 2.60. The summed E-state index contributed by atoms with van der Waals surface area (Å²) in [5, 5.41) is 2.24. The molecular formula is C19H22F3N3O4S. The summed E-state index contributed by atoms with van der Waals surface area (Å²) in [4.78, 5) is 14.9. The van der Waals surface area contributed by atoms with Crippen molar-refractivity contribution >= 4 is 21.8 Å². The molecular weight excluding hydrogens is 423 g/mol. The van der Waals surface area contributed by atoms with E-state index in [4.69, 9.17) is 4.74 Å². The number of pyridine rings is 1. The number of carbonyl (C=O) groups is 1. The summed E-state index contributed by atoms with van der Waals surface area (Å²) in [6, 6.07) is 7.37. The monoisotopic (exact) mass is 445 g/mol. The van der Waals surface area contributed by atoms with Crippen LogP contribution in [0.4, 0.5) is 23.7 Å². The van der Waals surface area contributed by atoms with Gasteiger partial charge in [-0.05, 0) is 51.1 Å². The van der Waals surface area contributed by atoms with Crippen molar-refractivity contribution in [2.45, 2.75) is 43.9 Å². The van der Waals surface area contributed by atoms with E-state index < -0.39 is 38.4 Å². The van der Waals surface area contributed by atoms with E-state index in [1.807, 2.05) is 0 Å². The molecule has 2 aromatic rings. The quantitative estimate of drug-likeness (QED) is 0.701. The molecule has 1 heterocycles. The van der Waals surface area contributed by atoms with Crippen molar-refractivity contribution in [3.63, 3.8) is 0 Å². The van der Waals surface area contributed by atoms with Gasteiger partial charge >= 0.3 is 12.3 Å². The second kappa shape index (κ2) is 9.00. The lowest BCUT2D eigenvalue weighted by Crippen LogP contribution is -2.29. The van der Waals surface area contributed by atoms with Crippen LogP contribution >= 0.6 is 0 Å². The number of nitrogens with zero attached hydrogens (tertiary/aromatic N) is 1. The molecule has 0 aliphatic carbocycles. The summed E-state index contributed by atoms with van der Waals surface area (Å²) in [6.07, 6.45) is -4.11. The molecule has 0 spiro atoms. The molecule has 7 nitrogen and oxygen atoms in total. The maximum absolute atomic E-state index is 13.4. The number of hydrogen-bond acceptors (Lipinski definition) is 5. The van der Waals surface area contributed by atoms with Crippen LogP contribution in [0.1, 0.15) is 32.0 Å². The minimum Gasteiger partial charge on any atom is -0.444 e. The predicted molar refractivity (Wildman–Crippen MR) is 104 cm³/mol. The summed E-state index contributed by atoms with van der Waals surface area (Å²) >= 11 is 0. The first-order valence-corrected chi connectivity index (χ1v) is 10.4. The first kappa shape index (κ1) is 23.6. The Balaban J connectivity index is 2.26. The zero-order chi connectivity index (χ0) is 22.6. The van der Waals surface area contributed by atoms with Gasteiger partial charge in [-0.2, -0.15) is 13.2 Å². The molecule has 30 heavy (non-hydrogen) atoms. The summed E-state index contributed by atoms with van der Waals surface area (Å²) in [6.45, 7) is 4.68. The van der Waals surface area contributed by atoms with Crippen molar-refractivity contribution in [3.8, 4) is 0 Å². The first-order chi connectivity index (χ1) is 13.8. The zero-order valence-electron chi connectivity index (χ0n) is 16.6. The highest BCUT2D eigenvalue weighted by molar-refractivity contribution is 7.89. The van der Waals surface area contributed by atoms with E-state index >= 15 is 0 Å². The van der Waals surface area contributed by atoms with Crippen LogP contribution in [0.15, 0.2) is 47.5 Å². The zero-order valence-corrected chi connectivity index (χ0v) is 17.4. The number of rotatable bonds is 6. The Hall–Kier alpha value is -2.66. The molecule has 0 bridgehead atoms. The number of carbonyl (C=O) groups excluding carboxylic acids is 1. The molecule has 0 saturated carbocycles. The molecule has 2 rings (SSSR count). The molecule has 1 aromatic heterocycles. The molecule has 1 amide bonds. The maximum Gasteiger partial charge on any atom is 0.417 e. The number of amides is 1. The molecule has 0 aliphatic rings. The van der Waals surface area contributed by atoms with Crippen LogP contribution in [0.25, 0.3) is 0 Å². The van der Waals surface area contributed by atoms with Gasteiger partial charge in [0, 0.05) is 30.5 Å². The Kier molecular flexibility index (Phi) is 7.09. The van der Waals surface area contributed by atoms with Crippen LogP contribution in [0, 0.1) is 0 Å². The maximum atomic E-state index is 13.4. The lowest BCUT2D eigenvalue weighted by Gasteiger charge is -2.20. The average molecular weight is 445 g/mol. The molecule has 1 aromatic carbocycles. The van der Waals surface area contributed by atoms with Crippen LogP contribution in [0.3, 0.4) is 0 Å². The fourth-order valence-corrected chi connectivity index (χ4v) is 3.70. The van der Waals surface area contributed by atoms with E-state index in [9.17, 15) is 26.4 Å². The number of hydrogen-bond donors (Lipinski definition) is 2. The lowest BCUT2D eigenvalue weighted by atomic mass is 10.2. The van der Waals surface area contributed by atoms with E-state index in [0.29, 0.717) is 11.8 Å². The molecule has 2 N–H and O–H groups in total. The number of nitrogens with one attached hydrogen (secondary N) is 2. The Morgan fingerprint density at radius 2 is 1.83 bits per heavy atom. The normalized spacial score (nSPS) is 12.5. The standard InChI is InChI=1S/C19H22F3N3O4S/c1-18(2,3)29-17(26)25-14-7-8-15(19(20,21)22)16(12-14)30(27,28)24-11-9-13-6-4-5-10-23-13/h4-8,10,12,24H,9,11H2,1-3H3,(H,25,26). The van der Waals surface area contributed by atoms with E-state index in [-0.39, 0.29) is 18.7 Å². The first-order valence-electron chi connectivity index (χ1n) is 8.89. The number of anilines is 1. The largest absolute Gasteiger partial charge is 0.444 e. The Morgan fingerprint density at radius 3 is 2.40 bits per heavy atom. The molecule has 164 valence electrons. The van der Waals surface area contributed by atoms with Gasteiger partial charge in [-0.1, -0.05) is 6.07 Å². The van der Waals surface area contributed by atoms with Crippen LogP contribution in [-0.4, -0.2) is 31.6 Å². The minimum absolute atomic E-state index is 0.151. The van der Waals surface area contributed by atoms with Crippen LogP contribution in [0.5, 0.6) is 0 Å². The highest BCUT2D eigenvalue weighted by atomic mass is 32.2. The van der Waals surface area contributed by atoms with Gasteiger partial charge in [0.25, 0.3) is 0 Å². The Bertz CT molecular complexity index is 988. The van der Waals surface area contributed by atoms with Crippen LogP contribution in [-0.2, 0) is 27.4 Å². The summed E-state index contributed by atoms with van der Waals surface area (Å²) in [7, 11) is -4.53.